The summed E-state index contributed by atoms with van der Waals surface area (Å²) in [6.07, 6.45) is -4.00. The van der Waals surface area contributed by atoms with Crippen LogP contribution < -0.4 is 0 Å². The van der Waals surface area contributed by atoms with Crippen LogP contribution in [0.3, 0.4) is 0 Å². The van der Waals surface area contributed by atoms with Crippen LogP contribution in [0.4, 0.5) is 13.2 Å². The van der Waals surface area contributed by atoms with E-state index >= 15 is 0 Å². The molecule has 0 radical (unpaired) electrons. The molecule has 1 atom stereocenters. The van der Waals surface area contributed by atoms with Gasteiger partial charge in [-0.25, -0.2) is 4.79 Å². The van der Waals surface area contributed by atoms with E-state index in [1.165, 1.54) is 0 Å². The van der Waals surface area contributed by atoms with E-state index in [4.69, 9.17) is 5.11 Å². The standard InChI is InChI=1S/C8H13F3O3/c1-3-4-7(2,6(12)13)14-5-8(9,10)11/h3-5H2,1-2H3,(H,12,13). The minimum atomic E-state index is -4.50. The number of halogens is 3. The number of ether oxygens (including phenoxy) is 1. The fraction of sp³-hybridized carbons (Fsp3) is 0.875. The SMILES string of the molecule is CCCC(C)(OCC(F)(F)F)C(=O)O. The number of hydrogen-bond donors (Lipinski definition) is 1. The minimum Gasteiger partial charge on any atom is -0.479 e. The van der Waals surface area contributed by atoms with Gasteiger partial charge < -0.3 is 9.84 Å². The molecule has 3 nitrogen and oxygen atoms in total. The third kappa shape index (κ3) is 4.45. The molecule has 0 saturated carbocycles. The van der Waals surface area contributed by atoms with Crippen molar-refractivity contribution < 1.29 is 27.8 Å². The highest BCUT2D eigenvalue weighted by Crippen LogP contribution is 2.23. The molecule has 0 fully saturated rings. The van der Waals surface area contributed by atoms with Crippen molar-refractivity contribution in [1.29, 1.82) is 0 Å². The third-order valence-corrected chi connectivity index (χ3v) is 1.73. The zero-order chi connectivity index (χ0) is 11.4. The molecule has 14 heavy (non-hydrogen) atoms. The molecule has 0 heterocycles. The van der Waals surface area contributed by atoms with Gasteiger partial charge in [-0.3, -0.25) is 0 Å². The molecule has 0 aliphatic rings. The van der Waals surface area contributed by atoms with E-state index in [0.29, 0.717) is 6.42 Å². The Morgan fingerprint density at radius 1 is 1.43 bits per heavy atom. The molecule has 0 aromatic carbocycles. The first-order chi connectivity index (χ1) is 6.21. The summed E-state index contributed by atoms with van der Waals surface area (Å²) in [7, 11) is 0. The summed E-state index contributed by atoms with van der Waals surface area (Å²) in [5.41, 5.74) is -1.75. The largest absolute Gasteiger partial charge is 0.479 e. The van der Waals surface area contributed by atoms with Crippen LogP contribution in [0.15, 0.2) is 0 Å². The molecule has 0 saturated heterocycles. The van der Waals surface area contributed by atoms with Crippen molar-refractivity contribution in [3.63, 3.8) is 0 Å². The van der Waals surface area contributed by atoms with Gasteiger partial charge in [0, 0.05) is 0 Å². The molecule has 1 unspecified atom stereocenters. The molecular formula is C8H13F3O3. The zero-order valence-corrected chi connectivity index (χ0v) is 8.02. The predicted octanol–water partition coefficient (Wildman–Crippen LogP) is 2.21. The Kier molecular flexibility index (Phi) is 4.38. The average molecular weight is 214 g/mol. The van der Waals surface area contributed by atoms with Gasteiger partial charge in [0.25, 0.3) is 0 Å². The summed E-state index contributed by atoms with van der Waals surface area (Å²) in [4.78, 5) is 10.6. The van der Waals surface area contributed by atoms with E-state index < -0.39 is 24.4 Å². The van der Waals surface area contributed by atoms with Crippen LogP contribution >= 0.6 is 0 Å². The van der Waals surface area contributed by atoms with Crippen LogP contribution in [-0.2, 0) is 9.53 Å². The lowest BCUT2D eigenvalue weighted by Gasteiger charge is -2.25. The Labute approximate surface area is 79.9 Å². The van der Waals surface area contributed by atoms with Crippen LogP contribution in [0.1, 0.15) is 26.7 Å². The van der Waals surface area contributed by atoms with Gasteiger partial charge in [0.1, 0.15) is 6.61 Å². The summed E-state index contributed by atoms with van der Waals surface area (Å²) >= 11 is 0. The van der Waals surface area contributed by atoms with E-state index in [1.54, 1.807) is 6.92 Å². The van der Waals surface area contributed by atoms with Crippen molar-refractivity contribution in [3.05, 3.63) is 0 Å². The topological polar surface area (TPSA) is 46.5 Å². The molecule has 0 rings (SSSR count). The van der Waals surface area contributed by atoms with Gasteiger partial charge in [-0.15, -0.1) is 0 Å². The first-order valence-electron chi connectivity index (χ1n) is 4.15. The zero-order valence-electron chi connectivity index (χ0n) is 8.02. The highest BCUT2D eigenvalue weighted by Gasteiger charge is 2.38. The Hall–Kier alpha value is -0.780. The Bertz CT molecular complexity index is 202. The molecular weight excluding hydrogens is 201 g/mol. The van der Waals surface area contributed by atoms with Gasteiger partial charge in [-0.05, 0) is 13.3 Å². The lowest BCUT2D eigenvalue weighted by molar-refractivity contribution is -0.211. The lowest BCUT2D eigenvalue weighted by Crippen LogP contribution is -2.40. The minimum absolute atomic E-state index is 0.0540. The van der Waals surface area contributed by atoms with Gasteiger partial charge in [0.15, 0.2) is 5.60 Å². The van der Waals surface area contributed by atoms with Gasteiger partial charge in [0.2, 0.25) is 0 Å². The fourth-order valence-electron chi connectivity index (χ4n) is 0.959. The van der Waals surface area contributed by atoms with Crippen molar-refractivity contribution in [3.8, 4) is 0 Å². The molecule has 0 spiro atoms. The quantitative estimate of drug-likeness (QED) is 0.763. The van der Waals surface area contributed by atoms with E-state index in [-0.39, 0.29) is 6.42 Å². The smallest absolute Gasteiger partial charge is 0.411 e. The molecule has 1 N–H and O–H groups in total. The van der Waals surface area contributed by atoms with Crippen LogP contribution in [0.5, 0.6) is 0 Å². The lowest BCUT2D eigenvalue weighted by atomic mass is 10.0. The number of carboxylic acid groups (broad SMARTS) is 1. The molecule has 84 valence electrons. The first-order valence-corrected chi connectivity index (χ1v) is 4.15. The third-order valence-electron chi connectivity index (χ3n) is 1.73. The van der Waals surface area contributed by atoms with E-state index in [1.807, 2.05) is 0 Å². The van der Waals surface area contributed by atoms with Gasteiger partial charge >= 0.3 is 12.1 Å². The van der Waals surface area contributed by atoms with E-state index in [2.05, 4.69) is 4.74 Å². The van der Waals surface area contributed by atoms with Gasteiger partial charge in [-0.1, -0.05) is 13.3 Å². The van der Waals surface area contributed by atoms with Crippen LogP contribution in [0.25, 0.3) is 0 Å². The predicted molar refractivity (Wildman–Crippen MR) is 43.0 cm³/mol. The highest BCUT2D eigenvalue weighted by molar-refractivity contribution is 5.76. The Balaban J connectivity index is 4.31. The molecule has 0 bridgehead atoms. The van der Waals surface area contributed by atoms with Crippen molar-refractivity contribution in [2.24, 2.45) is 0 Å². The highest BCUT2D eigenvalue weighted by atomic mass is 19.4. The number of hydrogen-bond acceptors (Lipinski definition) is 2. The molecule has 0 aromatic heterocycles. The maximum absolute atomic E-state index is 11.8. The maximum Gasteiger partial charge on any atom is 0.411 e. The summed E-state index contributed by atoms with van der Waals surface area (Å²) in [6.45, 7) is 1.29. The second-order valence-corrected chi connectivity index (χ2v) is 3.19. The molecule has 0 aliphatic heterocycles. The molecule has 0 aromatic rings. The van der Waals surface area contributed by atoms with Crippen molar-refractivity contribution in [2.45, 2.75) is 38.5 Å². The number of carbonyl (C=O) groups is 1. The number of rotatable bonds is 5. The molecule has 0 aliphatic carbocycles. The van der Waals surface area contributed by atoms with Crippen LogP contribution in [0.2, 0.25) is 0 Å². The monoisotopic (exact) mass is 214 g/mol. The van der Waals surface area contributed by atoms with Gasteiger partial charge in [0.05, 0.1) is 0 Å². The second kappa shape index (κ2) is 4.63. The summed E-state index contributed by atoms with van der Waals surface area (Å²) in [5.74, 6) is -1.37. The summed E-state index contributed by atoms with van der Waals surface area (Å²) < 4.78 is 39.7. The maximum atomic E-state index is 11.8. The second-order valence-electron chi connectivity index (χ2n) is 3.19. The molecule has 6 heteroatoms. The Morgan fingerprint density at radius 3 is 2.21 bits per heavy atom. The average Bonchev–Trinajstić information content (AvgIpc) is 2.00. The van der Waals surface area contributed by atoms with E-state index in [9.17, 15) is 18.0 Å². The van der Waals surface area contributed by atoms with Crippen LogP contribution in [-0.4, -0.2) is 29.5 Å². The normalized spacial score (nSPS) is 16.4. The van der Waals surface area contributed by atoms with Crippen molar-refractivity contribution in [2.75, 3.05) is 6.61 Å². The van der Waals surface area contributed by atoms with Gasteiger partial charge in [-0.2, -0.15) is 13.2 Å². The Morgan fingerprint density at radius 2 is 1.93 bits per heavy atom. The van der Waals surface area contributed by atoms with E-state index in [0.717, 1.165) is 6.92 Å². The summed E-state index contributed by atoms with van der Waals surface area (Å²) in [5, 5.41) is 8.67. The summed E-state index contributed by atoms with van der Waals surface area (Å²) in [6, 6.07) is 0. The number of aliphatic carboxylic acids is 1. The van der Waals surface area contributed by atoms with Crippen molar-refractivity contribution in [1.82, 2.24) is 0 Å². The fourth-order valence-corrected chi connectivity index (χ4v) is 0.959. The molecule has 0 amide bonds. The first kappa shape index (κ1) is 13.2. The van der Waals surface area contributed by atoms with Crippen LogP contribution in [0, 0.1) is 0 Å². The van der Waals surface area contributed by atoms with Crippen molar-refractivity contribution >= 4 is 5.97 Å². The number of alkyl halides is 3. The number of carboxylic acids is 1.